The molecule has 148 valence electrons. The van der Waals surface area contributed by atoms with Crippen molar-refractivity contribution in [3.8, 4) is 0 Å². The Morgan fingerprint density at radius 2 is 1.67 bits per heavy atom. The molecule has 0 bridgehead atoms. The van der Waals surface area contributed by atoms with Gasteiger partial charge in [-0.3, -0.25) is 0 Å². The summed E-state index contributed by atoms with van der Waals surface area (Å²) < 4.78 is 19.1. The molecule has 1 heterocycles. The van der Waals surface area contributed by atoms with Gasteiger partial charge in [-0.05, 0) is 83.5 Å². The maximum atomic E-state index is 12.9. The lowest BCUT2D eigenvalue weighted by Crippen LogP contribution is -2.41. The second kappa shape index (κ2) is 7.53. The fourth-order valence-electron chi connectivity index (χ4n) is 3.82. The maximum Gasteiger partial charge on any atom is 0.494 e. The Bertz CT molecular complexity index is 694. The van der Waals surface area contributed by atoms with Gasteiger partial charge in [-0.15, -0.1) is 0 Å². The first-order valence-corrected chi connectivity index (χ1v) is 10.8. The van der Waals surface area contributed by atoms with Crippen LogP contribution >= 0.6 is 15.9 Å². The van der Waals surface area contributed by atoms with E-state index in [1.807, 2.05) is 45.9 Å². The lowest BCUT2D eigenvalue weighted by atomic mass is 9.78. The minimum atomic E-state index is -0.506. The van der Waals surface area contributed by atoms with Crippen molar-refractivity contribution in [2.24, 2.45) is 0 Å². The van der Waals surface area contributed by atoms with Gasteiger partial charge in [0, 0.05) is 4.47 Å². The van der Waals surface area contributed by atoms with Gasteiger partial charge in [0.25, 0.3) is 0 Å². The zero-order valence-corrected chi connectivity index (χ0v) is 18.6. The van der Waals surface area contributed by atoms with Crippen molar-refractivity contribution in [3.63, 3.8) is 0 Å². The molecule has 0 atom stereocenters. The minimum absolute atomic E-state index is 0.266. The van der Waals surface area contributed by atoms with Crippen molar-refractivity contribution in [1.82, 2.24) is 0 Å². The molecule has 27 heavy (non-hydrogen) atoms. The summed E-state index contributed by atoms with van der Waals surface area (Å²) in [5, 5.41) is 0. The normalized spacial score (nSPS) is 23.3. The predicted molar refractivity (Wildman–Crippen MR) is 111 cm³/mol. The van der Waals surface area contributed by atoms with Crippen LogP contribution in [-0.2, 0) is 14.0 Å². The molecule has 2 aliphatic rings. The average molecular weight is 437 g/mol. The summed E-state index contributed by atoms with van der Waals surface area (Å²) in [6, 6.07) is 5.58. The summed E-state index contributed by atoms with van der Waals surface area (Å²) >= 11 is 3.52. The lowest BCUT2D eigenvalue weighted by Gasteiger charge is -2.36. The highest BCUT2D eigenvalue weighted by molar-refractivity contribution is 9.10. The Morgan fingerprint density at radius 1 is 1.07 bits per heavy atom. The molecular formula is C21H30BBrO4. The summed E-state index contributed by atoms with van der Waals surface area (Å²) in [5.41, 5.74) is 0.197. The highest BCUT2D eigenvalue weighted by Crippen LogP contribution is 2.37. The van der Waals surface area contributed by atoms with Crippen LogP contribution in [0.2, 0.25) is 0 Å². The van der Waals surface area contributed by atoms with E-state index in [4.69, 9.17) is 14.0 Å². The first-order chi connectivity index (χ1) is 12.6. The maximum absolute atomic E-state index is 12.9. The van der Waals surface area contributed by atoms with E-state index in [9.17, 15) is 4.79 Å². The van der Waals surface area contributed by atoms with E-state index in [1.165, 1.54) is 6.42 Å². The number of hydrogen-bond acceptors (Lipinski definition) is 4. The van der Waals surface area contributed by atoms with Crippen LogP contribution in [0.5, 0.6) is 0 Å². The van der Waals surface area contributed by atoms with Crippen molar-refractivity contribution >= 4 is 34.5 Å². The van der Waals surface area contributed by atoms with Crippen molar-refractivity contribution in [1.29, 1.82) is 0 Å². The van der Waals surface area contributed by atoms with Crippen molar-refractivity contribution in [2.75, 3.05) is 0 Å². The molecule has 0 amide bonds. The molecule has 0 radical (unpaired) electrons. The molecule has 1 saturated heterocycles. The summed E-state index contributed by atoms with van der Waals surface area (Å²) in [7, 11) is -0.506. The summed E-state index contributed by atoms with van der Waals surface area (Å²) in [6.07, 6.45) is 6.23. The molecule has 1 aliphatic heterocycles. The van der Waals surface area contributed by atoms with Crippen LogP contribution in [0.25, 0.3) is 0 Å². The number of benzene rings is 1. The molecule has 0 N–H and O–H groups in total. The molecule has 1 aromatic carbocycles. The Kier molecular flexibility index (Phi) is 5.82. The number of carbonyl (C=O) groups excluding carboxylic acids is 1. The van der Waals surface area contributed by atoms with Crippen LogP contribution in [0, 0.1) is 0 Å². The fraction of sp³-hybridized carbons (Fsp3) is 0.667. The molecule has 4 nitrogen and oxygen atoms in total. The predicted octanol–water partition coefficient (Wildman–Crippen LogP) is 5.02. The number of rotatable bonds is 4. The summed E-state index contributed by atoms with van der Waals surface area (Å²) in [6.45, 7) is 10.2. The smallest absolute Gasteiger partial charge is 0.455 e. The lowest BCUT2D eigenvalue weighted by molar-refractivity contribution is -0.0397. The van der Waals surface area contributed by atoms with Gasteiger partial charge < -0.3 is 14.0 Å². The first kappa shape index (κ1) is 20.9. The average Bonchev–Trinajstić information content (AvgIpc) is 2.83. The van der Waals surface area contributed by atoms with Crippen LogP contribution in [0.1, 0.15) is 83.5 Å². The molecule has 1 saturated carbocycles. The molecule has 2 fully saturated rings. The number of esters is 1. The van der Waals surface area contributed by atoms with Gasteiger partial charge in [0.15, 0.2) is 0 Å². The topological polar surface area (TPSA) is 44.8 Å². The quantitative estimate of drug-likeness (QED) is 0.491. The van der Waals surface area contributed by atoms with Gasteiger partial charge >= 0.3 is 13.1 Å². The third-order valence-electron chi connectivity index (χ3n) is 6.40. The second-order valence-electron chi connectivity index (χ2n) is 8.85. The first-order valence-electron chi connectivity index (χ1n) is 9.97. The molecule has 1 aliphatic carbocycles. The number of hydrogen-bond donors (Lipinski definition) is 0. The van der Waals surface area contributed by atoms with Crippen molar-refractivity contribution < 1.29 is 18.8 Å². The van der Waals surface area contributed by atoms with Crippen LogP contribution in [0.3, 0.4) is 0 Å². The van der Waals surface area contributed by atoms with Gasteiger partial charge in [-0.1, -0.05) is 29.3 Å². The number of halogens is 1. The van der Waals surface area contributed by atoms with E-state index < -0.39 is 18.3 Å². The van der Waals surface area contributed by atoms with E-state index >= 15 is 0 Å². The van der Waals surface area contributed by atoms with Gasteiger partial charge in [-0.2, -0.15) is 0 Å². The summed E-state index contributed by atoms with van der Waals surface area (Å²) in [4.78, 5) is 12.9. The Hall–Kier alpha value is -0.845. The van der Waals surface area contributed by atoms with Gasteiger partial charge in [0.05, 0.1) is 16.8 Å². The molecule has 0 unspecified atom stereocenters. The number of carbonyl (C=O) groups is 1. The van der Waals surface area contributed by atoms with Crippen LogP contribution in [0.4, 0.5) is 0 Å². The van der Waals surface area contributed by atoms with E-state index in [1.54, 1.807) is 0 Å². The number of ether oxygens (including phenoxy) is 1. The Balaban J connectivity index is 1.82. The van der Waals surface area contributed by atoms with Crippen molar-refractivity contribution in [2.45, 2.75) is 89.9 Å². The Morgan fingerprint density at radius 3 is 2.22 bits per heavy atom. The van der Waals surface area contributed by atoms with E-state index in [-0.39, 0.29) is 11.6 Å². The third kappa shape index (κ3) is 4.28. The van der Waals surface area contributed by atoms with Crippen LogP contribution < -0.4 is 5.46 Å². The third-order valence-corrected chi connectivity index (χ3v) is 6.86. The summed E-state index contributed by atoms with van der Waals surface area (Å²) in [5.74, 6) is -0.266. The van der Waals surface area contributed by atoms with E-state index in [0.29, 0.717) is 5.56 Å². The minimum Gasteiger partial charge on any atom is -0.455 e. The van der Waals surface area contributed by atoms with Crippen LogP contribution in [0.15, 0.2) is 22.7 Å². The standard InChI is InChI=1S/C21H30BBrO4/c1-6-21(10-8-7-9-11-21)25-18(24)15-12-16(14-17(23)13-15)22-26-19(2,3)20(4,5)27-22/h12-14H,6-11H2,1-5H3. The molecule has 0 spiro atoms. The molecular weight excluding hydrogens is 407 g/mol. The van der Waals surface area contributed by atoms with Crippen molar-refractivity contribution in [3.05, 3.63) is 28.2 Å². The van der Waals surface area contributed by atoms with Gasteiger partial charge in [0.1, 0.15) is 5.60 Å². The second-order valence-corrected chi connectivity index (χ2v) is 9.76. The zero-order valence-electron chi connectivity index (χ0n) is 17.1. The van der Waals surface area contributed by atoms with Crippen LogP contribution in [-0.4, -0.2) is 29.9 Å². The van der Waals surface area contributed by atoms with E-state index in [0.717, 1.165) is 42.0 Å². The van der Waals surface area contributed by atoms with Gasteiger partial charge in [-0.25, -0.2) is 4.79 Å². The largest absolute Gasteiger partial charge is 0.494 e. The molecule has 3 rings (SSSR count). The van der Waals surface area contributed by atoms with E-state index in [2.05, 4.69) is 22.9 Å². The highest BCUT2D eigenvalue weighted by Gasteiger charge is 2.51. The van der Waals surface area contributed by atoms with Gasteiger partial charge in [0.2, 0.25) is 0 Å². The monoisotopic (exact) mass is 436 g/mol. The Labute approximate surface area is 171 Å². The molecule has 6 heteroatoms. The zero-order chi connectivity index (χ0) is 19.9. The fourth-order valence-corrected chi connectivity index (χ4v) is 4.34. The SMILES string of the molecule is CCC1(OC(=O)c2cc(Br)cc(B3OC(C)(C)C(C)(C)O3)c2)CCCCC1. The molecule has 0 aromatic heterocycles. The molecule has 1 aromatic rings. The highest BCUT2D eigenvalue weighted by atomic mass is 79.9.